The summed E-state index contributed by atoms with van der Waals surface area (Å²) in [6, 6.07) is 3.97. The third kappa shape index (κ3) is 0.786. The van der Waals surface area contributed by atoms with Crippen molar-refractivity contribution in [2.24, 2.45) is 5.41 Å². The van der Waals surface area contributed by atoms with Gasteiger partial charge >= 0.3 is 0 Å². The third-order valence-electron chi connectivity index (χ3n) is 1.69. The first-order valence-corrected chi connectivity index (χ1v) is 3.34. The number of rotatable bonds is 2. The van der Waals surface area contributed by atoms with Crippen molar-refractivity contribution in [1.82, 2.24) is 0 Å². The van der Waals surface area contributed by atoms with Gasteiger partial charge in [0.2, 0.25) is 0 Å². The van der Waals surface area contributed by atoms with E-state index in [1.54, 1.807) is 6.08 Å². The molecule has 0 bridgehead atoms. The normalized spacial score (nSPS) is 18.5. The van der Waals surface area contributed by atoms with Gasteiger partial charge in [0, 0.05) is 0 Å². The maximum absolute atomic E-state index is 8.53. The maximum atomic E-state index is 8.53. The second-order valence-electron chi connectivity index (χ2n) is 2.45. The number of nitriles is 2. The Bertz CT molecular complexity index is 235. The summed E-state index contributed by atoms with van der Waals surface area (Å²) in [5.74, 6) is 0. The molecule has 50 valence electrons. The standard InChI is InChI=1S/C8H8N2/c1-2-3-7-4-8(7,5-9)6-10/h4H,2-3H2,1H3. The fourth-order valence-electron chi connectivity index (χ4n) is 0.997. The fraction of sp³-hybridized carbons (Fsp3) is 0.500. The van der Waals surface area contributed by atoms with Crippen molar-refractivity contribution in [3.05, 3.63) is 11.6 Å². The minimum atomic E-state index is -0.796. The molecule has 0 amide bonds. The second kappa shape index (κ2) is 2.15. The van der Waals surface area contributed by atoms with Crippen molar-refractivity contribution < 1.29 is 0 Å². The van der Waals surface area contributed by atoms with E-state index in [4.69, 9.17) is 10.5 Å². The van der Waals surface area contributed by atoms with E-state index in [1.165, 1.54) is 0 Å². The molecule has 1 aliphatic carbocycles. The molecule has 10 heavy (non-hydrogen) atoms. The molecule has 0 unspecified atom stereocenters. The van der Waals surface area contributed by atoms with E-state index in [0.717, 1.165) is 18.4 Å². The Labute approximate surface area is 60.4 Å². The predicted molar refractivity (Wildman–Crippen MR) is 36.7 cm³/mol. The summed E-state index contributed by atoms with van der Waals surface area (Å²) < 4.78 is 0. The summed E-state index contributed by atoms with van der Waals surface area (Å²) in [4.78, 5) is 0. The van der Waals surface area contributed by atoms with E-state index in [2.05, 4.69) is 0 Å². The molecule has 0 aromatic heterocycles. The minimum absolute atomic E-state index is 0.796. The summed E-state index contributed by atoms with van der Waals surface area (Å²) in [7, 11) is 0. The highest BCUT2D eigenvalue weighted by Crippen LogP contribution is 2.45. The predicted octanol–water partition coefficient (Wildman–Crippen LogP) is 1.76. The highest BCUT2D eigenvalue weighted by atomic mass is 14.5. The van der Waals surface area contributed by atoms with Crippen LogP contribution >= 0.6 is 0 Å². The van der Waals surface area contributed by atoms with Gasteiger partial charge in [-0.1, -0.05) is 13.3 Å². The van der Waals surface area contributed by atoms with Crippen molar-refractivity contribution in [3.63, 3.8) is 0 Å². The lowest BCUT2D eigenvalue weighted by Gasteiger charge is -1.94. The van der Waals surface area contributed by atoms with Gasteiger partial charge in [-0.15, -0.1) is 0 Å². The number of allylic oxidation sites excluding steroid dienone is 2. The van der Waals surface area contributed by atoms with Crippen molar-refractivity contribution in [2.75, 3.05) is 0 Å². The van der Waals surface area contributed by atoms with Crippen LogP contribution in [0.4, 0.5) is 0 Å². The number of hydrogen-bond acceptors (Lipinski definition) is 2. The highest BCUT2D eigenvalue weighted by Gasteiger charge is 2.43. The SMILES string of the molecule is CCCC1=CC1(C#N)C#N. The lowest BCUT2D eigenvalue weighted by Crippen LogP contribution is -1.96. The van der Waals surface area contributed by atoms with Crippen LogP contribution in [-0.4, -0.2) is 0 Å². The van der Waals surface area contributed by atoms with Gasteiger partial charge in [-0.25, -0.2) is 0 Å². The molecule has 0 saturated heterocycles. The lowest BCUT2D eigenvalue weighted by molar-refractivity contribution is 0.835. The average molecular weight is 132 g/mol. The van der Waals surface area contributed by atoms with E-state index >= 15 is 0 Å². The van der Waals surface area contributed by atoms with Crippen LogP contribution in [0.3, 0.4) is 0 Å². The second-order valence-corrected chi connectivity index (χ2v) is 2.45. The molecule has 0 heterocycles. The Morgan fingerprint density at radius 2 is 2.10 bits per heavy atom. The largest absolute Gasteiger partial charge is 0.196 e. The number of nitrogens with zero attached hydrogens (tertiary/aromatic N) is 2. The molecule has 0 spiro atoms. The molecule has 1 rings (SSSR count). The van der Waals surface area contributed by atoms with Gasteiger partial charge < -0.3 is 0 Å². The minimum Gasteiger partial charge on any atom is -0.196 e. The Morgan fingerprint density at radius 1 is 1.50 bits per heavy atom. The molecule has 0 N–H and O–H groups in total. The van der Waals surface area contributed by atoms with Crippen molar-refractivity contribution in [3.8, 4) is 12.1 Å². The molecule has 0 aromatic carbocycles. The molecule has 0 radical (unpaired) electrons. The Kier molecular flexibility index (Phi) is 1.47. The van der Waals surface area contributed by atoms with Crippen LogP contribution in [0.2, 0.25) is 0 Å². The van der Waals surface area contributed by atoms with Crippen LogP contribution in [0.5, 0.6) is 0 Å². The maximum Gasteiger partial charge on any atom is 0.183 e. The first-order chi connectivity index (χ1) is 4.79. The smallest absolute Gasteiger partial charge is 0.183 e. The molecular formula is C8H8N2. The van der Waals surface area contributed by atoms with Crippen molar-refractivity contribution in [2.45, 2.75) is 19.8 Å². The Hall–Kier alpha value is -1.28. The quantitative estimate of drug-likeness (QED) is 0.537. The summed E-state index contributed by atoms with van der Waals surface area (Å²) >= 11 is 0. The summed E-state index contributed by atoms with van der Waals surface area (Å²) in [6.07, 6.45) is 3.65. The van der Waals surface area contributed by atoms with Gasteiger partial charge in [0.15, 0.2) is 5.41 Å². The highest BCUT2D eigenvalue weighted by molar-refractivity contribution is 5.53. The van der Waals surface area contributed by atoms with Crippen molar-refractivity contribution in [1.29, 1.82) is 10.5 Å². The number of hydrogen-bond donors (Lipinski definition) is 0. The van der Waals surface area contributed by atoms with Crippen LogP contribution in [0.25, 0.3) is 0 Å². The lowest BCUT2D eigenvalue weighted by atomic mass is 10.0. The first-order valence-electron chi connectivity index (χ1n) is 3.34. The van der Waals surface area contributed by atoms with Crippen LogP contribution in [-0.2, 0) is 0 Å². The molecule has 0 saturated carbocycles. The van der Waals surface area contributed by atoms with E-state index < -0.39 is 5.41 Å². The van der Waals surface area contributed by atoms with Gasteiger partial charge in [0.1, 0.15) is 0 Å². The molecule has 2 nitrogen and oxygen atoms in total. The summed E-state index contributed by atoms with van der Waals surface area (Å²) in [6.45, 7) is 2.04. The van der Waals surface area contributed by atoms with E-state index in [0.29, 0.717) is 0 Å². The first kappa shape index (κ1) is 6.83. The van der Waals surface area contributed by atoms with Crippen LogP contribution in [0.15, 0.2) is 11.6 Å². The average Bonchev–Trinajstić information content (AvgIpc) is 2.65. The monoisotopic (exact) mass is 132 g/mol. The fourth-order valence-corrected chi connectivity index (χ4v) is 0.997. The molecule has 0 fully saturated rings. The van der Waals surface area contributed by atoms with E-state index in [9.17, 15) is 0 Å². The van der Waals surface area contributed by atoms with Gasteiger partial charge in [-0.2, -0.15) is 10.5 Å². The summed E-state index contributed by atoms with van der Waals surface area (Å²) in [5.41, 5.74) is 0.204. The van der Waals surface area contributed by atoms with E-state index in [-0.39, 0.29) is 0 Å². The van der Waals surface area contributed by atoms with Gasteiger partial charge in [-0.3, -0.25) is 0 Å². The molecule has 0 aliphatic heterocycles. The zero-order chi connectivity index (χ0) is 7.61. The molecule has 0 aromatic rings. The molecular weight excluding hydrogens is 124 g/mol. The van der Waals surface area contributed by atoms with Crippen molar-refractivity contribution >= 4 is 0 Å². The van der Waals surface area contributed by atoms with Crippen LogP contribution < -0.4 is 0 Å². The van der Waals surface area contributed by atoms with Crippen LogP contribution in [0.1, 0.15) is 19.8 Å². The summed E-state index contributed by atoms with van der Waals surface area (Å²) in [5, 5.41) is 17.1. The Balaban J connectivity index is 2.55. The van der Waals surface area contributed by atoms with Gasteiger partial charge in [-0.05, 0) is 18.1 Å². The molecule has 0 atom stereocenters. The van der Waals surface area contributed by atoms with E-state index in [1.807, 2.05) is 19.1 Å². The Morgan fingerprint density at radius 3 is 2.40 bits per heavy atom. The van der Waals surface area contributed by atoms with Crippen LogP contribution in [0, 0.1) is 28.1 Å². The molecule has 2 heteroatoms. The zero-order valence-electron chi connectivity index (χ0n) is 5.89. The van der Waals surface area contributed by atoms with Gasteiger partial charge in [0.05, 0.1) is 12.1 Å². The third-order valence-corrected chi connectivity index (χ3v) is 1.69. The van der Waals surface area contributed by atoms with Gasteiger partial charge in [0.25, 0.3) is 0 Å². The molecule has 1 aliphatic rings. The topological polar surface area (TPSA) is 47.6 Å². The zero-order valence-corrected chi connectivity index (χ0v) is 5.89.